The number of amides is 1. The largest absolute Gasteiger partial charge is 0.383 e. The maximum Gasteiger partial charge on any atom is 0.383 e. The first-order valence-electron chi connectivity index (χ1n) is 3.87. The average molecular weight is 201 g/mol. The summed E-state index contributed by atoms with van der Waals surface area (Å²) in [6, 6.07) is 0. The van der Waals surface area contributed by atoms with Crippen LogP contribution in [-0.2, 0) is 4.79 Å². The van der Waals surface area contributed by atoms with E-state index in [1.165, 1.54) is 0 Å². The monoisotopic (exact) mass is 201 g/mol. The molecule has 0 aromatic carbocycles. The van der Waals surface area contributed by atoms with Crippen molar-refractivity contribution >= 4 is 5.91 Å². The lowest BCUT2D eigenvalue weighted by atomic mass is 10.3. The zero-order chi connectivity index (χ0) is 10.5. The Balaban J connectivity index is 3.95. The molecule has 0 heterocycles. The number of halogens is 4. The van der Waals surface area contributed by atoms with E-state index in [9.17, 15) is 22.4 Å². The highest BCUT2D eigenvalue weighted by molar-refractivity contribution is 5.83. The Hall–Kier alpha value is -0.810. The molecule has 2 nitrogen and oxygen atoms in total. The van der Waals surface area contributed by atoms with Crippen molar-refractivity contribution in [3.8, 4) is 0 Å². The zero-order valence-electron chi connectivity index (χ0n) is 7.12. The molecule has 0 aliphatic rings. The molecule has 0 bridgehead atoms. The third-order valence-electron chi connectivity index (χ3n) is 1.39. The van der Waals surface area contributed by atoms with Gasteiger partial charge in [-0.3, -0.25) is 4.79 Å². The van der Waals surface area contributed by atoms with Crippen LogP contribution in [0.2, 0.25) is 0 Å². The lowest BCUT2D eigenvalue weighted by Gasteiger charge is -2.14. The van der Waals surface area contributed by atoms with Gasteiger partial charge in [-0.15, -0.1) is 0 Å². The Morgan fingerprint density at radius 1 is 1.46 bits per heavy atom. The van der Waals surface area contributed by atoms with Crippen molar-refractivity contribution in [2.75, 3.05) is 6.54 Å². The number of unbranched alkanes of at least 4 members (excludes halogenated alkanes) is 1. The van der Waals surface area contributed by atoms with Gasteiger partial charge in [-0.2, -0.15) is 8.78 Å². The van der Waals surface area contributed by atoms with Crippen molar-refractivity contribution < 1.29 is 22.4 Å². The van der Waals surface area contributed by atoms with Crippen LogP contribution < -0.4 is 5.32 Å². The standard InChI is InChI=1S/C7H11F4NO/c1-2-3-4-12-6(13)7(10,11)5(8)9/h5H,2-4H2,1H3,(H,12,13). The molecule has 0 aliphatic heterocycles. The molecule has 78 valence electrons. The van der Waals surface area contributed by atoms with Gasteiger partial charge in [-0.25, -0.2) is 8.78 Å². The first-order chi connectivity index (χ1) is 5.92. The minimum atomic E-state index is -4.58. The van der Waals surface area contributed by atoms with Crippen LogP contribution in [-0.4, -0.2) is 24.8 Å². The molecule has 0 saturated heterocycles. The maximum absolute atomic E-state index is 12.2. The van der Waals surface area contributed by atoms with Gasteiger partial charge in [-0.05, 0) is 6.42 Å². The molecule has 0 fully saturated rings. The van der Waals surface area contributed by atoms with Crippen LogP contribution in [0.3, 0.4) is 0 Å². The van der Waals surface area contributed by atoms with Crippen molar-refractivity contribution in [1.29, 1.82) is 0 Å². The molecular formula is C7H11F4NO. The summed E-state index contributed by atoms with van der Waals surface area (Å²) in [6.07, 6.45) is -2.76. The van der Waals surface area contributed by atoms with Crippen LogP contribution >= 0.6 is 0 Å². The third-order valence-corrected chi connectivity index (χ3v) is 1.39. The first-order valence-corrected chi connectivity index (χ1v) is 3.87. The fourth-order valence-electron chi connectivity index (χ4n) is 0.596. The van der Waals surface area contributed by atoms with E-state index in [1.807, 2.05) is 0 Å². The number of rotatable bonds is 5. The fourth-order valence-corrected chi connectivity index (χ4v) is 0.596. The van der Waals surface area contributed by atoms with Crippen LogP contribution in [0.5, 0.6) is 0 Å². The van der Waals surface area contributed by atoms with E-state index in [0.29, 0.717) is 12.8 Å². The summed E-state index contributed by atoms with van der Waals surface area (Å²) >= 11 is 0. The van der Waals surface area contributed by atoms with Gasteiger partial charge in [0, 0.05) is 6.54 Å². The van der Waals surface area contributed by atoms with Gasteiger partial charge in [0.1, 0.15) is 0 Å². The SMILES string of the molecule is CCCCNC(=O)C(F)(F)C(F)F. The fraction of sp³-hybridized carbons (Fsp3) is 0.857. The number of alkyl halides is 4. The minimum absolute atomic E-state index is 0.00234. The van der Waals surface area contributed by atoms with Crippen LogP contribution in [0.1, 0.15) is 19.8 Å². The zero-order valence-corrected chi connectivity index (χ0v) is 7.12. The predicted molar refractivity (Wildman–Crippen MR) is 38.9 cm³/mol. The molecule has 6 heteroatoms. The Bertz CT molecular complexity index is 172. The molecule has 0 aliphatic carbocycles. The number of nitrogens with one attached hydrogen (secondary N) is 1. The highest BCUT2D eigenvalue weighted by Crippen LogP contribution is 2.22. The molecule has 0 unspecified atom stereocenters. The molecule has 0 spiro atoms. The van der Waals surface area contributed by atoms with Crippen molar-refractivity contribution in [3.63, 3.8) is 0 Å². The predicted octanol–water partition coefficient (Wildman–Crippen LogP) is 1.80. The highest BCUT2D eigenvalue weighted by atomic mass is 19.3. The van der Waals surface area contributed by atoms with Gasteiger partial charge >= 0.3 is 12.3 Å². The lowest BCUT2D eigenvalue weighted by molar-refractivity contribution is -0.169. The molecule has 0 rings (SSSR count). The second-order valence-electron chi connectivity index (χ2n) is 2.53. The molecule has 13 heavy (non-hydrogen) atoms. The summed E-state index contributed by atoms with van der Waals surface area (Å²) in [5.41, 5.74) is 0. The quantitative estimate of drug-likeness (QED) is 0.533. The summed E-state index contributed by atoms with van der Waals surface area (Å²) in [7, 11) is 0. The van der Waals surface area contributed by atoms with E-state index in [4.69, 9.17) is 0 Å². The first kappa shape index (κ1) is 12.2. The molecular weight excluding hydrogens is 190 g/mol. The van der Waals surface area contributed by atoms with Crippen LogP contribution in [0, 0.1) is 0 Å². The van der Waals surface area contributed by atoms with Gasteiger partial charge in [0.15, 0.2) is 0 Å². The summed E-state index contributed by atoms with van der Waals surface area (Å²) in [6.45, 7) is 1.79. The second-order valence-corrected chi connectivity index (χ2v) is 2.53. The number of hydrogen-bond acceptors (Lipinski definition) is 1. The second kappa shape index (κ2) is 5.04. The van der Waals surface area contributed by atoms with Gasteiger partial charge in [-0.1, -0.05) is 13.3 Å². The normalized spacial score (nSPS) is 11.8. The summed E-state index contributed by atoms with van der Waals surface area (Å²) in [4.78, 5) is 10.4. The highest BCUT2D eigenvalue weighted by Gasteiger charge is 2.48. The van der Waals surface area contributed by atoms with Crippen LogP contribution in [0.4, 0.5) is 17.6 Å². The van der Waals surface area contributed by atoms with E-state index >= 15 is 0 Å². The van der Waals surface area contributed by atoms with Gasteiger partial charge in [0.05, 0.1) is 0 Å². The van der Waals surface area contributed by atoms with E-state index < -0.39 is 18.3 Å². The summed E-state index contributed by atoms with van der Waals surface area (Å²) in [5, 5.41) is 1.74. The van der Waals surface area contributed by atoms with Gasteiger partial charge in [0.2, 0.25) is 0 Å². The van der Waals surface area contributed by atoms with Crippen LogP contribution in [0.25, 0.3) is 0 Å². The lowest BCUT2D eigenvalue weighted by Crippen LogP contribution is -2.45. The van der Waals surface area contributed by atoms with Gasteiger partial charge < -0.3 is 5.32 Å². The van der Waals surface area contributed by atoms with E-state index in [-0.39, 0.29) is 6.54 Å². The average Bonchev–Trinajstić information content (AvgIpc) is 2.04. The molecule has 0 radical (unpaired) electrons. The smallest absolute Gasteiger partial charge is 0.351 e. The minimum Gasteiger partial charge on any atom is -0.351 e. The molecule has 1 N–H and O–H groups in total. The summed E-state index contributed by atoms with van der Waals surface area (Å²) in [5.74, 6) is -6.48. The Labute approximate surface area is 73.3 Å². The van der Waals surface area contributed by atoms with E-state index in [2.05, 4.69) is 0 Å². The van der Waals surface area contributed by atoms with E-state index in [0.717, 1.165) is 0 Å². The van der Waals surface area contributed by atoms with Crippen molar-refractivity contribution in [2.24, 2.45) is 0 Å². The number of carbonyl (C=O) groups excluding carboxylic acids is 1. The summed E-state index contributed by atoms with van der Waals surface area (Å²) < 4.78 is 47.5. The Morgan fingerprint density at radius 2 is 2.00 bits per heavy atom. The maximum atomic E-state index is 12.2. The topological polar surface area (TPSA) is 29.1 Å². The third kappa shape index (κ3) is 3.61. The molecule has 0 atom stereocenters. The molecule has 0 saturated carbocycles. The van der Waals surface area contributed by atoms with E-state index in [1.54, 1.807) is 12.2 Å². The Morgan fingerprint density at radius 3 is 2.38 bits per heavy atom. The Kier molecular flexibility index (Phi) is 4.72. The van der Waals surface area contributed by atoms with Crippen molar-refractivity contribution in [2.45, 2.75) is 32.1 Å². The number of carbonyl (C=O) groups is 1. The molecule has 1 amide bonds. The molecule has 0 aromatic heterocycles. The van der Waals surface area contributed by atoms with Gasteiger partial charge in [0.25, 0.3) is 5.91 Å². The molecule has 0 aromatic rings. The van der Waals surface area contributed by atoms with Crippen LogP contribution in [0.15, 0.2) is 0 Å². The van der Waals surface area contributed by atoms with Crippen molar-refractivity contribution in [3.05, 3.63) is 0 Å². The van der Waals surface area contributed by atoms with Crippen molar-refractivity contribution in [1.82, 2.24) is 5.32 Å². The number of hydrogen-bond donors (Lipinski definition) is 1.